The van der Waals surface area contributed by atoms with Crippen LogP contribution in [0.3, 0.4) is 0 Å². The summed E-state index contributed by atoms with van der Waals surface area (Å²) in [6, 6.07) is 6.69. The van der Waals surface area contributed by atoms with Gasteiger partial charge in [-0.05, 0) is 24.3 Å². The Kier molecular flexibility index (Phi) is 2.07. The van der Waals surface area contributed by atoms with Crippen LogP contribution in [-0.4, -0.2) is 19.8 Å². The topological polar surface area (TPSA) is 43.1 Å². The number of nitrogens with zero attached hydrogens (tertiary/aromatic N) is 4. The van der Waals surface area contributed by atoms with E-state index in [0.29, 0.717) is 5.65 Å². The summed E-state index contributed by atoms with van der Waals surface area (Å²) in [7, 11) is 0. The van der Waals surface area contributed by atoms with E-state index >= 15 is 0 Å². The first-order chi connectivity index (χ1) is 8.25. The molecule has 4 nitrogen and oxygen atoms in total. The zero-order chi connectivity index (χ0) is 11.8. The molecule has 2 aromatic heterocycles. The third kappa shape index (κ3) is 1.54. The first-order valence-electron chi connectivity index (χ1n) is 4.87. The highest BCUT2D eigenvalue weighted by molar-refractivity contribution is 5.59. The summed E-state index contributed by atoms with van der Waals surface area (Å²) in [5.74, 6) is -1.07. The molecule has 17 heavy (non-hydrogen) atoms. The molecule has 0 bridgehead atoms. The highest BCUT2D eigenvalue weighted by Gasteiger charge is 2.13. The molecule has 3 rings (SSSR count). The Morgan fingerprint density at radius 3 is 2.76 bits per heavy atom. The third-order valence-corrected chi connectivity index (χ3v) is 2.35. The summed E-state index contributed by atoms with van der Waals surface area (Å²) in [6.07, 6.45) is 1.54. The quantitative estimate of drug-likeness (QED) is 0.645. The number of halogens is 2. The number of rotatable bonds is 1. The number of aromatic nitrogens is 4. The van der Waals surface area contributed by atoms with Crippen LogP contribution >= 0.6 is 0 Å². The Hall–Kier alpha value is -2.37. The van der Waals surface area contributed by atoms with Crippen molar-refractivity contribution >= 4 is 5.65 Å². The molecular weight excluding hydrogens is 226 g/mol. The molecule has 0 N–H and O–H groups in total. The van der Waals surface area contributed by atoms with Gasteiger partial charge in [-0.15, -0.1) is 10.2 Å². The standard InChI is InChI=1S/C11H6F2N4/c12-7-3-4-8(9(13)6-7)11-16-15-10-2-1-5-14-17(10)11/h1-6H. The van der Waals surface area contributed by atoms with E-state index in [1.807, 2.05) is 0 Å². The maximum atomic E-state index is 13.6. The van der Waals surface area contributed by atoms with Gasteiger partial charge >= 0.3 is 0 Å². The van der Waals surface area contributed by atoms with Gasteiger partial charge in [0.2, 0.25) is 0 Å². The van der Waals surface area contributed by atoms with Gasteiger partial charge < -0.3 is 0 Å². The number of hydrogen-bond acceptors (Lipinski definition) is 3. The third-order valence-electron chi connectivity index (χ3n) is 2.35. The first-order valence-corrected chi connectivity index (χ1v) is 4.87. The lowest BCUT2D eigenvalue weighted by Crippen LogP contribution is -1.96. The lowest BCUT2D eigenvalue weighted by Gasteiger charge is -2.00. The van der Waals surface area contributed by atoms with E-state index in [2.05, 4.69) is 15.3 Å². The predicted octanol–water partition coefficient (Wildman–Crippen LogP) is 2.07. The van der Waals surface area contributed by atoms with Crippen LogP contribution < -0.4 is 0 Å². The van der Waals surface area contributed by atoms with Gasteiger partial charge in [0, 0.05) is 12.3 Å². The fourth-order valence-corrected chi connectivity index (χ4v) is 1.58. The molecule has 2 heterocycles. The fourth-order valence-electron chi connectivity index (χ4n) is 1.58. The van der Waals surface area contributed by atoms with Crippen molar-refractivity contribution in [1.82, 2.24) is 19.8 Å². The zero-order valence-corrected chi connectivity index (χ0v) is 8.51. The summed E-state index contributed by atoms with van der Waals surface area (Å²) in [5.41, 5.74) is 0.670. The van der Waals surface area contributed by atoms with E-state index in [-0.39, 0.29) is 11.4 Å². The van der Waals surface area contributed by atoms with Crippen LogP contribution in [0, 0.1) is 11.6 Å². The largest absolute Gasteiger partial charge is 0.207 e. The van der Waals surface area contributed by atoms with Crippen molar-refractivity contribution in [3.63, 3.8) is 0 Å². The van der Waals surface area contributed by atoms with E-state index in [1.165, 1.54) is 16.6 Å². The Morgan fingerprint density at radius 1 is 1.06 bits per heavy atom. The Balaban J connectivity index is 2.27. The molecule has 0 spiro atoms. The molecule has 0 amide bonds. The summed E-state index contributed by atoms with van der Waals surface area (Å²) >= 11 is 0. The van der Waals surface area contributed by atoms with E-state index in [0.717, 1.165) is 6.07 Å². The maximum Gasteiger partial charge on any atom is 0.188 e. The average molecular weight is 232 g/mol. The van der Waals surface area contributed by atoms with Crippen LogP contribution in [0.5, 0.6) is 0 Å². The summed E-state index contributed by atoms with van der Waals surface area (Å²) in [5, 5.41) is 11.7. The minimum absolute atomic E-state index is 0.164. The van der Waals surface area contributed by atoms with Crippen LogP contribution in [-0.2, 0) is 0 Å². The smallest absolute Gasteiger partial charge is 0.188 e. The van der Waals surface area contributed by atoms with Crippen LogP contribution in [0.25, 0.3) is 17.0 Å². The van der Waals surface area contributed by atoms with Crippen LogP contribution in [0.2, 0.25) is 0 Å². The van der Waals surface area contributed by atoms with Crippen molar-refractivity contribution in [3.8, 4) is 11.4 Å². The summed E-state index contributed by atoms with van der Waals surface area (Å²) in [4.78, 5) is 0. The highest BCUT2D eigenvalue weighted by Crippen LogP contribution is 2.21. The van der Waals surface area contributed by atoms with Gasteiger partial charge in [-0.25, -0.2) is 8.78 Å². The van der Waals surface area contributed by atoms with Gasteiger partial charge in [0.15, 0.2) is 11.5 Å². The highest BCUT2D eigenvalue weighted by atomic mass is 19.1. The van der Waals surface area contributed by atoms with Crippen LogP contribution in [0.4, 0.5) is 8.78 Å². The molecule has 0 atom stereocenters. The Labute approximate surface area is 94.5 Å². The molecule has 0 saturated carbocycles. The molecule has 84 valence electrons. The monoisotopic (exact) mass is 232 g/mol. The van der Waals surface area contributed by atoms with Gasteiger partial charge in [0.05, 0.1) is 5.56 Å². The molecule has 0 radical (unpaired) electrons. The van der Waals surface area contributed by atoms with Gasteiger partial charge in [-0.3, -0.25) is 0 Å². The number of fused-ring (bicyclic) bond motifs is 1. The second kappa shape index (κ2) is 3.58. The van der Waals surface area contributed by atoms with Crippen LogP contribution in [0.1, 0.15) is 0 Å². The van der Waals surface area contributed by atoms with Crippen molar-refractivity contribution in [3.05, 3.63) is 48.2 Å². The second-order valence-electron chi connectivity index (χ2n) is 3.44. The second-order valence-corrected chi connectivity index (χ2v) is 3.44. The fraction of sp³-hybridized carbons (Fsp3) is 0. The normalized spacial score (nSPS) is 10.9. The SMILES string of the molecule is Fc1ccc(-c2nnc3cccnn23)c(F)c1. The summed E-state index contributed by atoms with van der Waals surface area (Å²) < 4.78 is 27.8. The lowest BCUT2D eigenvalue weighted by molar-refractivity contribution is 0.584. The van der Waals surface area contributed by atoms with Crippen molar-refractivity contribution in [2.75, 3.05) is 0 Å². The van der Waals surface area contributed by atoms with Gasteiger partial charge in [0.1, 0.15) is 11.6 Å². The molecule has 0 unspecified atom stereocenters. The minimum Gasteiger partial charge on any atom is -0.207 e. The predicted molar refractivity (Wildman–Crippen MR) is 56.1 cm³/mol. The minimum atomic E-state index is -0.690. The van der Waals surface area contributed by atoms with Gasteiger partial charge in [-0.2, -0.15) is 9.61 Å². The number of benzene rings is 1. The molecule has 6 heteroatoms. The van der Waals surface area contributed by atoms with Gasteiger partial charge in [-0.1, -0.05) is 0 Å². The molecule has 0 aliphatic carbocycles. The average Bonchev–Trinajstić information content (AvgIpc) is 2.73. The Morgan fingerprint density at radius 2 is 1.94 bits per heavy atom. The van der Waals surface area contributed by atoms with E-state index < -0.39 is 11.6 Å². The van der Waals surface area contributed by atoms with Gasteiger partial charge in [0.25, 0.3) is 0 Å². The van der Waals surface area contributed by atoms with E-state index in [9.17, 15) is 8.78 Å². The first kappa shape index (κ1) is 9.83. The van der Waals surface area contributed by atoms with Crippen molar-refractivity contribution in [1.29, 1.82) is 0 Å². The van der Waals surface area contributed by atoms with Crippen molar-refractivity contribution < 1.29 is 8.78 Å². The molecule has 0 aliphatic rings. The van der Waals surface area contributed by atoms with E-state index in [4.69, 9.17) is 0 Å². The molecule has 0 aliphatic heterocycles. The molecular formula is C11H6F2N4. The molecule has 3 aromatic rings. The zero-order valence-electron chi connectivity index (χ0n) is 8.51. The van der Waals surface area contributed by atoms with Crippen molar-refractivity contribution in [2.45, 2.75) is 0 Å². The van der Waals surface area contributed by atoms with Crippen LogP contribution in [0.15, 0.2) is 36.5 Å². The maximum absolute atomic E-state index is 13.6. The van der Waals surface area contributed by atoms with E-state index in [1.54, 1.807) is 18.3 Å². The summed E-state index contributed by atoms with van der Waals surface area (Å²) in [6.45, 7) is 0. The molecule has 0 saturated heterocycles. The molecule has 1 aromatic carbocycles. The Bertz CT molecular complexity index is 693. The number of hydrogen-bond donors (Lipinski definition) is 0. The molecule has 0 fully saturated rings. The lowest BCUT2D eigenvalue weighted by atomic mass is 10.2. The van der Waals surface area contributed by atoms with Crippen molar-refractivity contribution in [2.24, 2.45) is 0 Å².